The second-order valence-electron chi connectivity index (χ2n) is 3.67. The van der Waals surface area contributed by atoms with Crippen molar-refractivity contribution in [3.63, 3.8) is 0 Å². The molecule has 1 aromatic heterocycles. The SMILES string of the molecule is COC(=O)CCC(N)Cc1ccnc(C)n1. The summed E-state index contributed by atoms with van der Waals surface area (Å²) >= 11 is 0. The molecule has 0 radical (unpaired) electrons. The minimum absolute atomic E-state index is 0.0756. The van der Waals surface area contributed by atoms with Crippen LogP contribution in [0.3, 0.4) is 0 Å². The van der Waals surface area contributed by atoms with Gasteiger partial charge in [-0.2, -0.15) is 0 Å². The molecule has 0 spiro atoms. The van der Waals surface area contributed by atoms with Crippen LogP contribution in [0.25, 0.3) is 0 Å². The number of esters is 1. The third-order valence-corrected chi connectivity index (χ3v) is 2.25. The van der Waals surface area contributed by atoms with Crippen molar-refractivity contribution in [2.45, 2.75) is 32.2 Å². The van der Waals surface area contributed by atoms with Crippen molar-refractivity contribution in [3.8, 4) is 0 Å². The van der Waals surface area contributed by atoms with Crippen LogP contribution in [0.2, 0.25) is 0 Å². The normalized spacial score (nSPS) is 12.2. The fraction of sp³-hybridized carbons (Fsp3) is 0.545. The van der Waals surface area contributed by atoms with E-state index in [4.69, 9.17) is 5.73 Å². The van der Waals surface area contributed by atoms with Crippen molar-refractivity contribution >= 4 is 5.97 Å². The standard InChI is InChI=1S/C11H17N3O2/c1-8-13-6-5-10(14-8)7-9(12)3-4-11(15)16-2/h5-6,9H,3-4,7,12H2,1-2H3. The Morgan fingerprint density at radius 3 is 3.00 bits per heavy atom. The predicted octanol–water partition coefficient (Wildman–Crippen LogP) is 0.608. The molecule has 1 atom stereocenters. The molecular formula is C11H17N3O2. The maximum Gasteiger partial charge on any atom is 0.305 e. The number of carbonyl (C=O) groups excluding carboxylic acids is 1. The van der Waals surface area contributed by atoms with Crippen molar-refractivity contribution in [1.29, 1.82) is 0 Å². The molecule has 5 heteroatoms. The van der Waals surface area contributed by atoms with E-state index in [9.17, 15) is 4.79 Å². The first-order valence-corrected chi connectivity index (χ1v) is 5.22. The van der Waals surface area contributed by atoms with Gasteiger partial charge in [0.25, 0.3) is 0 Å². The Kier molecular flexibility index (Phi) is 4.85. The van der Waals surface area contributed by atoms with Crippen LogP contribution < -0.4 is 5.73 Å². The topological polar surface area (TPSA) is 78.1 Å². The molecule has 0 bridgehead atoms. The van der Waals surface area contributed by atoms with E-state index in [1.165, 1.54) is 7.11 Å². The van der Waals surface area contributed by atoms with Gasteiger partial charge < -0.3 is 10.5 Å². The first-order chi connectivity index (χ1) is 7.61. The highest BCUT2D eigenvalue weighted by atomic mass is 16.5. The summed E-state index contributed by atoms with van der Waals surface area (Å²) in [6, 6.07) is 1.76. The lowest BCUT2D eigenvalue weighted by atomic mass is 10.1. The zero-order valence-corrected chi connectivity index (χ0v) is 9.64. The van der Waals surface area contributed by atoms with E-state index in [0.717, 1.165) is 11.5 Å². The number of rotatable bonds is 5. The van der Waals surface area contributed by atoms with E-state index in [1.54, 1.807) is 6.20 Å². The van der Waals surface area contributed by atoms with Gasteiger partial charge in [0, 0.05) is 30.8 Å². The van der Waals surface area contributed by atoms with Crippen molar-refractivity contribution in [2.24, 2.45) is 5.73 Å². The number of methoxy groups -OCH3 is 1. The predicted molar refractivity (Wildman–Crippen MR) is 59.7 cm³/mol. The monoisotopic (exact) mass is 223 g/mol. The second-order valence-corrected chi connectivity index (χ2v) is 3.67. The van der Waals surface area contributed by atoms with E-state index in [0.29, 0.717) is 19.3 Å². The molecule has 1 aromatic rings. The first-order valence-electron chi connectivity index (χ1n) is 5.22. The molecule has 1 unspecified atom stereocenters. The van der Waals surface area contributed by atoms with Crippen LogP contribution in [0.5, 0.6) is 0 Å². The highest BCUT2D eigenvalue weighted by molar-refractivity contribution is 5.69. The Labute approximate surface area is 95.0 Å². The van der Waals surface area contributed by atoms with E-state index in [2.05, 4.69) is 14.7 Å². The number of ether oxygens (including phenoxy) is 1. The van der Waals surface area contributed by atoms with Gasteiger partial charge in [-0.05, 0) is 19.4 Å². The molecule has 16 heavy (non-hydrogen) atoms. The number of nitrogens with zero attached hydrogens (tertiary/aromatic N) is 2. The van der Waals surface area contributed by atoms with Crippen LogP contribution >= 0.6 is 0 Å². The van der Waals surface area contributed by atoms with Crippen LogP contribution in [0, 0.1) is 6.92 Å². The summed E-state index contributed by atoms with van der Waals surface area (Å²) in [5, 5.41) is 0. The Hall–Kier alpha value is -1.49. The van der Waals surface area contributed by atoms with Gasteiger partial charge in [-0.15, -0.1) is 0 Å². The van der Waals surface area contributed by atoms with E-state index >= 15 is 0 Å². The Morgan fingerprint density at radius 2 is 2.38 bits per heavy atom. The molecule has 2 N–H and O–H groups in total. The largest absolute Gasteiger partial charge is 0.469 e. The molecule has 5 nitrogen and oxygen atoms in total. The fourth-order valence-corrected chi connectivity index (χ4v) is 1.39. The molecule has 0 saturated heterocycles. The summed E-state index contributed by atoms with van der Waals surface area (Å²) in [5.41, 5.74) is 6.80. The van der Waals surface area contributed by atoms with Gasteiger partial charge in [0.05, 0.1) is 7.11 Å². The average molecular weight is 223 g/mol. The third-order valence-electron chi connectivity index (χ3n) is 2.25. The van der Waals surface area contributed by atoms with Crippen LogP contribution in [0.1, 0.15) is 24.4 Å². The summed E-state index contributed by atoms with van der Waals surface area (Å²) in [5.74, 6) is 0.506. The lowest BCUT2D eigenvalue weighted by molar-refractivity contribution is -0.140. The molecule has 0 saturated carbocycles. The zero-order valence-electron chi connectivity index (χ0n) is 9.64. The van der Waals surface area contributed by atoms with Crippen LogP contribution in [-0.2, 0) is 16.0 Å². The lowest BCUT2D eigenvalue weighted by Crippen LogP contribution is -2.24. The molecule has 0 aliphatic rings. The van der Waals surface area contributed by atoms with Gasteiger partial charge in [-0.25, -0.2) is 9.97 Å². The van der Waals surface area contributed by atoms with Crippen LogP contribution in [0.15, 0.2) is 12.3 Å². The molecule has 88 valence electrons. The maximum atomic E-state index is 10.9. The average Bonchev–Trinajstić information content (AvgIpc) is 2.26. The molecule has 1 rings (SSSR count). The molecule has 0 aromatic carbocycles. The molecule has 0 aliphatic heterocycles. The summed E-state index contributed by atoms with van der Waals surface area (Å²) in [7, 11) is 1.38. The lowest BCUT2D eigenvalue weighted by Gasteiger charge is -2.10. The summed E-state index contributed by atoms with van der Waals surface area (Å²) in [6.07, 6.45) is 3.32. The number of nitrogens with two attached hydrogens (primary N) is 1. The Balaban J connectivity index is 2.39. The second kappa shape index (κ2) is 6.17. The van der Waals surface area contributed by atoms with Crippen molar-refractivity contribution < 1.29 is 9.53 Å². The van der Waals surface area contributed by atoms with Crippen LogP contribution in [0.4, 0.5) is 0 Å². The molecular weight excluding hydrogens is 206 g/mol. The van der Waals surface area contributed by atoms with Gasteiger partial charge in [0.15, 0.2) is 0 Å². The van der Waals surface area contributed by atoms with E-state index < -0.39 is 0 Å². The molecule has 0 fully saturated rings. The van der Waals surface area contributed by atoms with E-state index in [-0.39, 0.29) is 12.0 Å². The van der Waals surface area contributed by atoms with Gasteiger partial charge in [-0.3, -0.25) is 4.79 Å². The van der Waals surface area contributed by atoms with Gasteiger partial charge in [0.2, 0.25) is 0 Å². The smallest absolute Gasteiger partial charge is 0.305 e. The summed E-state index contributed by atoms with van der Waals surface area (Å²) in [6.45, 7) is 1.84. The molecule has 1 heterocycles. The van der Waals surface area contributed by atoms with Crippen LogP contribution in [-0.4, -0.2) is 29.1 Å². The van der Waals surface area contributed by atoms with Gasteiger partial charge in [0.1, 0.15) is 5.82 Å². The Morgan fingerprint density at radius 1 is 1.62 bits per heavy atom. The van der Waals surface area contributed by atoms with E-state index in [1.807, 2.05) is 13.0 Å². The summed E-state index contributed by atoms with van der Waals surface area (Å²) in [4.78, 5) is 19.2. The number of hydrogen-bond donors (Lipinski definition) is 1. The highest BCUT2D eigenvalue weighted by Crippen LogP contribution is 2.04. The maximum absolute atomic E-state index is 10.9. The minimum Gasteiger partial charge on any atom is -0.469 e. The number of aryl methyl sites for hydroxylation is 1. The van der Waals surface area contributed by atoms with Gasteiger partial charge in [-0.1, -0.05) is 0 Å². The number of aromatic nitrogens is 2. The highest BCUT2D eigenvalue weighted by Gasteiger charge is 2.08. The zero-order chi connectivity index (χ0) is 12.0. The van der Waals surface area contributed by atoms with Crippen molar-refractivity contribution in [3.05, 3.63) is 23.8 Å². The Bertz CT molecular complexity index is 355. The quantitative estimate of drug-likeness (QED) is 0.740. The fourth-order valence-electron chi connectivity index (χ4n) is 1.39. The summed E-state index contributed by atoms with van der Waals surface area (Å²) < 4.78 is 4.55. The van der Waals surface area contributed by atoms with Crippen molar-refractivity contribution in [1.82, 2.24) is 9.97 Å². The number of hydrogen-bond acceptors (Lipinski definition) is 5. The van der Waals surface area contributed by atoms with Gasteiger partial charge >= 0.3 is 5.97 Å². The first kappa shape index (κ1) is 12.6. The molecule has 0 amide bonds. The minimum atomic E-state index is -0.227. The van der Waals surface area contributed by atoms with Crippen molar-refractivity contribution in [2.75, 3.05) is 7.11 Å². The number of carbonyl (C=O) groups is 1. The third kappa shape index (κ3) is 4.35. The molecule has 0 aliphatic carbocycles.